The zero-order valence-corrected chi connectivity index (χ0v) is 15.9. The molecule has 1 amide bonds. The Labute approximate surface area is 159 Å². The second-order valence-corrected chi connectivity index (χ2v) is 8.62. The molecule has 0 bridgehead atoms. The minimum absolute atomic E-state index is 0.00680. The first-order valence-electron chi connectivity index (χ1n) is 9.06. The van der Waals surface area contributed by atoms with E-state index in [9.17, 15) is 13.2 Å². The second-order valence-electron chi connectivity index (χ2n) is 6.81. The smallest absolute Gasteiger partial charge is 0.228 e. The van der Waals surface area contributed by atoms with E-state index in [0.717, 1.165) is 18.4 Å². The molecule has 0 saturated carbocycles. The number of sulfonamides is 1. The van der Waals surface area contributed by atoms with E-state index in [-0.39, 0.29) is 24.0 Å². The quantitative estimate of drug-likeness (QED) is 0.774. The first-order valence-corrected chi connectivity index (χ1v) is 10.7. The van der Waals surface area contributed by atoms with Gasteiger partial charge in [-0.2, -0.15) is 0 Å². The monoisotopic (exact) mass is 388 g/mol. The fraction of sp³-hybridized carbons (Fsp3) is 0.421. The maximum absolute atomic E-state index is 12.5. The van der Waals surface area contributed by atoms with Crippen LogP contribution in [0.15, 0.2) is 48.9 Å². The van der Waals surface area contributed by atoms with E-state index in [1.54, 1.807) is 35.6 Å². The number of carbonyl (C=O) groups excluding carboxylic acids is 1. The van der Waals surface area contributed by atoms with Crippen LogP contribution in [0.5, 0.6) is 0 Å². The Kier molecular flexibility index (Phi) is 6.52. The van der Waals surface area contributed by atoms with Gasteiger partial charge in [-0.15, -0.1) is 0 Å². The predicted molar refractivity (Wildman–Crippen MR) is 102 cm³/mol. The van der Waals surface area contributed by atoms with Gasteiger partial charge in [0, 0.05) is 38.2 Å². The summed E-state index contributed by atoms with van der Waals surface area (Å²) in [6.07, 6.45) is 6.74. The number of piperidine rings is 1. The maximum Gasteiger partial charge on any atom is 0.228 e. The summed E-state index contributed by atoms with van der Waals surface area (Å²) in [7, 11) is -3.39. The summed E-state index contributed by atoms with van der Waals surface area (Å²) in [5, 5.41) is 0. The zero-order chi connectivity index (χ0) is 19.1. The summed E-state index contributed by atoms with van der Waals surface area (Å²) in [6.45, 7) is 1.61. The van der Waals surface area contributed by atoms with Crippen LogP contribution in [0.1, 0.15) is 24.1 Å². The Balaban J connectivity index is 1.50. The Morgan fingerprint density at radius 2 is 2.04 bits per heavy atom. The third-order valence-corrected chi connectivity index (χ3v) is 5.93. The molecular weight excluding hydrogens is 364 g/mol. The Morgan fingerprint density at radius 1 is 1.22 bits per heavy atom. The van der Waals surface area contributed by atoms with Crippen molar-refractivity contribution < 1.29 is 13.2 Å². The van der Waals surface area contributed by atoms with Gasteiger partial charge >= 0.3 is 0 Å². The lowest BCUT2D eigenvalue weighted by Gasteiger charge is -2.32. The molecular formula is C19H24N4O3S. The minimum atomic E-state index is -3.39. The van der Waals surface area contributed by atoms with Crippen LogP contribution in [0, 0.1) is 5.92 Å². The van der Waals surface area contributed by atoms with E-state index in [4.69, 9.17) is 0 Å². The van der Waals surface area contributed by atoms with Crippen LogP contribution in [0.3, 0.4) is 0 Å². The van der Waals surface area contributed by atoms with Crippen molar-refractivity contribution in [2.24, 2.45) is 5.92 Å². The number of rotatable bonds is 7. The molecule has 1 aromatic heterocycles. The highest BCUT2D eigenvalue weighted by Crippen LogP contribution is 2.17. The largest absolute Gasteiger partial charge is 0.342 e. The molecule has 0 unspecified atom stereocenters. The molecule has 1 atom stereocenters. The molecule has 1 aliphatic rings. The lowest BCUT2D eigenvalue weighted by atomic mass is 9.98. The molecule has 1 aliphatic heterocycles. The lowest BCUT2D eigenvalue weighted by Crippen LogP contribution is -2.44. The number of likely N-dealkylation sites (tertiary alicyclic amines) is 1. The molecule has 1 fully saturated rings. The van der Waals surface area contributed by atoms with Gasteiger partial charge in [0.1, 0.15) is 0 Å². The third kappa shape index (κ3) is 6.11. The molecule has 27 heavy (non-hydrogen) atoms. The topological polar surface area (TPSA) is 92.3 Å². The lowest BCUT2D eigenvalue weighted by molar-refractivity contribution is -0.132. The van der Waals surface area contributed by atoms with Crippen LogP contribution in [-0.2, 0) is 27.0 Å². The summed E-state index contributed by atoms with van der Waals surface area (Å²) < 4.78 is 27.3. The number of hydrogen-bond donors (Lipinski definition) is 1. The molecule has 8 heteroatoms. The van der Waals surface area contributed by atoms with Crippen molar-refractivity contribution in [1.29, 1.82) is 0 Å². The van der Waals surface area contributed by atoms with Gasteiger partial charge in [-0.05, 0) is 24.3 Å². The van der Waals surface area contributed by atoms with Gasteiger partial charge in [-0.1, -0.05) is 30.3 Å². The first kappa shape index (κ1) is 19.4. The fourth-order valence-electron chi connectivity index (χ4n) is 3.24. The summed E-state index contributed by atoms with van der Waals surface area (Å²) in [5.74, 6) is 0.0954. The van der Waals surface area contributed by atoms with Gasteiger partial charge in [0.25, 0.3) is 0 Å². The number of benzene rings is 1. The van der Waals surface area contributed by atoms with Crippen LogP contribution >= 0.6 is 0 Å². The highest BCUT2D eigenvalue weighted by Gasteiger charge is 2.25. The van der Waals surface area contributed by atoms with Gasteiger partial charge in [-0.3, -0.25) is 14.8 Å². The second kappa shape index (κ2) is 9.05. The fourth-order valence-corrected chi connectivity index (χ4v) is 4.46. The molecule has 1 saturated heterocycles. The van der Waals surface area contributed by atoms with E-state index >= 15 is 0 Å². The van der Waals surface area contributed by atoms with Crippen molar-refractivity contribution in [2.75, 3.05) is 19.6 Å². The van der Waals surface area contributed by atoms with E-state index < -0.39 is 10.0 Å². The first-order chi connectivity index (χ1) is 13.0. The molecule has 0 spiro atoms. The molecule has 1 aromatic carbocycles. The number of amides is 1. The van der Waals surface area contributed by atoms with Crippen molar-refractivity contribution in [3.8, 4) is 0 Å². The number of nitrogens with zero attached hydrogens (tertiary/aromatic N) is 3. The highest BCUT2D eigenvalue weighted by molar-refractivity contribution is 7.88. The maximum atomic E-state index is 12.5. The highest BCUT2D eigenvalue weighted by atomic mass is 32.2. The van der Waals surface area contributed by atoms with Crippen molar-refractivity contribution in [2.45, 2.75) is 25.0 Å². The van der Waals surface area contributed by atoms with E-state index in [0.29, 0.717) is 25.3 Å². The zero-order valence-electron chi connectivity index (χ0n) is 15.1. The predicted octanol–water partition coefficient (Wildman–Crippen LogP) is 1.38. The third-order valence-electron chi connectivity index (χ3n) is 4.61. The molecule has 1 N–H and O–H groups in total. The minimum Gasteiger partial charge on any atom is -0.342 e. The average molecular weight is 388 g/mol. The van der Waals surface area contributed by atoms with Crippen LogP contribution < -0.4 is 4.72 Å². The van der Waals surface area contributed by atoms with Crippen LogP contribution in [0.25, 0.3) is 0 Å². The van der Waals surface area contributed by atoms with Crippen molar-refractivity contribution >= 4 is 15.9 Å². The van der Waals surface area contributed by atoms with Gasteiger partial charge in [0.05, 0.1) is 17.9 Å². The number of aromatic nitrogens is 2. The van der Waals surface area contributed by atoms with E-state index in [1.807, 2.05) is 18.2 Å². The van der Waals surface area contributed by atoms with Crippen LogP contribution in [-0.4, -0.2) is 48.8 Å². The average Bonchev–Trinajstić information content (AvgIpc) is 2.68. The number of carbonyl (C=O) groups is 1. The standard InChI is InChI=1S/C19H24N4O3S/c24-19(11-18-13-20-8-9-21-18)23-10-4-7-17(14-23)12-22-27(25,26)15-16-5-2-1-3-6-16/h1-3,5-6,8-9,13,17,22H,4,7,10-12,14-15H2/t17-/m0/s1. The molecule has 2 heterocycles. The van der Waals surface area contributed by atoms with Crippen LogP contribution in [0.4, 0.5) is 0 Å². The molecule has 2 aromatic rings. The molecule has 0 radical (unpaired) electrons. The molecule has 0 aliphatic carbocycles. The van der Waals surface area contributed by atoms with Crippen LogP contribution in [0.2, 0.25) is 0 Å². The molecule has 7 nitrogen and oxygen atoms in total. The Bertz CT molecular complexity index is 844. The summed E-state index contributed by atoms with van der Waals surface area (Å²) in [5.41, 5.74) is 1.41. The summed E-state index contributed by atoms with van der Waals surface area (Å²) in [4.78, 5) is 22.4. The number of nitrogens with one attached hydrogen (secondary N) is 1. The summed E-state index contributed by atoms with van der Waals surface area (Å²) in [6, 6.07) is 9.11. The SMILES string of the molecule is O=C(Cc1cnccn1)N1CCC[C@@H](CNS(=O)(=O)Cc2ccccc2)C1. The van der Waals surface area contributed by atoms with Crippen molar-refractivity contribution in [3.05, 3.63) is 60.2 Å². The van der Waals surface area contributed by atoms with E-state index in [2.05, 4.69) is 14.7 Å². The molecule has 144 valence electrons. The van der Waals surface area contributed by atoms with Gasteiger partial charge in [0.15, 0.2) is 0 Å². The summed E-state index contributed by atoms with van der Waals surface area (Å²) >= 11 is 0. The number of hydrogen-bond acceptors (Lipinski definition) is 5. The van der Waals surface area contributed by atoms with Gasteiger partial charge < -0.3 is 4.90 Å². The van der Waals surface area contributed by atoms with Crippen molar-refractivity contribution in [3.63, 3.8) is 0 Å². The Morgan fingerprint density at radius 3 is 2.78 bits per heavy atom. The Hall–Kier alpha value is -2.32. The van der Waals surface area contributed by atoms with Crippen molar-refractivity contribution in [1.82, 2.24) is 19.6 Å². The van der Waals surface area contributed by atoms with Gasteiger partial charge in [0.2, 0.25) is 15.9 Å². The van der Waals surface area contributed by atoms with E-state index in [1.165, 1.54) is 0 Å². The van der Waals surface area contributed by atoms with Gasteiger partial charge in [-0.25, -0.2) is 13.1 Å². The molecule has 3 rings (SSSR count). The normalized spacial score (nSPS) is 17.6.